The van der Waals surface area contributed by atoms with Crippen molar-refractivity contribution >= 4 is 21.8 Å². The van der Waals surface area contributed by atoms with E-state index in [0.29, 0.717) is 16.7 Å². The van der Waals surface area contributed by atoms with E-state index < -0.39 is 10.8 Å². The Morgan fingerprint density at radius 3 is 2.83 bits per heavy atom. The van der Waals surface area contributed by atoms with Gasteiger partial charge in [0.25, 0.3) is 0 Å². The van der Waals surface area contributed by atoms with Crippen LogP contribution in [-0.2, 0) is 10.8 Å². The molecule has 1 N–H and O–H groups in total. The molecule has 1 unspecified atom stereocenters. The van der Waals surface area contributed by atoms with Crippen molar-refractivity contribution in [1.82, 2.24) is 14.5 Å². The van der Waals surface area contributed by atoms with E-state index in [4.69, 9.17) is 9.84 Å². The lowest BCUT2D eigenvalue weighted by Crippen LogP contribution is -2.09. The van der Waals surface area contributed by atoms with Gasteiger partial charge >= 0.3 is 0 Å². The molecule has 2 heterocycles. The maximum atomic E-state index is 12.1. The number of para-hydroxylation sites is 2. The molecule has 0 spiro atoms. The fraction of sp³-hybridized carbons (Fsp3) is 0.250. The van der Waals surface area contributed by atoms with Gasteiger partial charge in [-0.3, -0.25) is 8.78 Å². The highest BCUT2D eigenvalue weighted by Gasteiger charge is 2.18. The molecule has 0 aliphatic heterocycles. The maximum Gasteiger partial charge on any atom is 0.205 e. The molecule has 0 amide bonds. The average molecular weight is 331 g/mol. The summed E-state index contributed by atoms with van der Waals surface area (Å²) in [5.41, 5.74) is 2.41. The van der Waals surface area contributed by atoms with Gasteiger partial charge in [-0.05, 0) is 25.1 Å². The van der Waals surface area contributed by atoms with Crippen LogP contribution in [0.25, 0.3) is 16.9 Å². The van der Waals surface area contributed by atoms with Crippen molar-refractivity contribution in [3.63, 3.8) is 0 Å². The highest BCUT2D eigenvalue weighted by atomic mass is 32.2. The number of fused-ring (bicyclic) bond motifs is 1. The molecule has 23 heavy (non-hydrogen) atoms. The number of pyridine rings is 1. The van der Waals surface area contributed by atoms with Crippen molar-refractivity contribution in [1.29, 1.82) is 0 Å². The molecule has 1 atom stereocenters. The van der Waals surface area contributed by atoms with Gasteiger partial charge in [0.15, 0.2) is 0 Å². The summed E-state index contributed by atoms with van der Waals surface area (Å²) in [6, 6.07) is 9.34. The maximum absolute atomic E-state index is 12.1. The lowest BCUT2D eigenvalue weighted by molar-refractivity contribution is 0.200. The van der Waals surface area contributed by atoms with Crippen LogP contribution in [0.15, 0.2) is 41.7 Å². The van der Waals surface area contributed by atoms with E-state index in [-0.39, 0.29) is 13.2 Å². The number of nitrogens with zero attached hydrogens (tertiary/aromatic N) is 3. The van der Waals surface area contributed by atoms with E-state index in [9.17, 15) is 4.21 Å². The van der Waals surface area contributed by atoms with E-state index in [1.165, 1.54) is 0 Å². The summed E-state index contributed by atoms with van der Waals surface area (Å²) >= 11 is 0. The summed E-state index contributed by atoms with van der Waals surface area (Å²) in [6.07, 6.45) is 3.23. The Labute approximate surface area is 136 Å². The number of aromatic nitrogens is 3. The highest BCUT2D eigenvalue weighted by Crippen LogP contribution is 2.28. The molecule has 0 radical (unpaired) electrons. The molecule has 0 fully saturated rings. The van der Waals surface area contributed by atoms with E-state index in [0.717, 1.165) is 16.6 Å². The molecule has 120 valence electrons. The zero-order chi connectivity index (χ0) is 16.4. The molecule has 7 heteroatoms. The number of aliphatic hydroxyl groups excluding tert-OH is 1. The van der Waals surface area contributed by atoms with E-state index in [1.54, 1.807) is 23.1 Å². The van der Waals surface area contributed by atoms with Gasteiger partial charge in [-0.25, -0.2) is 9.97 Å². The Hall–Kier alpha value is -2.25. The quantitative estimate of drug-likeness (QED) is 0.772. The fourth-order valence-electron chi connectivity index (χ4n) is 2.45. The lowest BCUT2D eigenvalue weighted by atomic mass is 10.2. The summed E-state index contributed by atoms with van der Waals surface area (Å²) in [7, 11) is -1.26. The van der Waals surface area contributed by atoms with Crippen molar-refractivity contribution < 1.29 is 14.1 Å². The SMILES string of the molecule is Cc1c(OCCO)ccnc1-n1c(S(C)=O)nc2ccccc21. The molecule has 6 nitrogen and oxygen atoms in total. The number of hydrogen-bond acceptors (Lipinski definition) is 5. The average Bonchev–Trinajstić information content (AvgIpc) is 2.94. The minimum absolute atomic E-state index is 0.0602. The van der Waals surface area contributed by atoms with Crippen LogP contribution < -0.4 is 4.74 Å². The molecule has 2 aromatic heterocycles. The monoisotopic (exact) mass is 331 g/mol. The minimum atomic E-state index is -1.26. The summed E-state index contributed by atoms with van der Waals surface area (Å²) < 4.78 is 19.4. The topological polar surface area (TPSA) is 77.2 Å². The van der Waals surface area contributed by atoms with Gasteiger partial charge in [-0.15, -0.1) is 0 Å². The number of rotatable bonds is 5. The molecule has 0 saturated heterocycles. The van der Waals surface area contributed by atoms with Crippen molar-refractivity contribution in [2.75, 3.05) is 19.5 Å². The normalized spacial score (nSPS) is 12.5. The Bertz CT molecular complexity index is 876. The first kappa shape index (κ1) is 15.6. The lowest BCUT2D eigenvalue weighted by Gasteiger charge is -2.13. The van der Waals surface area contributed by atoms with Crippen LogP contribution in [0.2, 0.25) is 0 Å². The van der Waals surface area contributed by atoms with Crippen LogP contribution in [-0.4, -0.2) is 43.3 Å². The predicted molar refractivity (Wildman–Crippen MR) is 88.5 cm³/mol. The summed E-state index contributed by atoms with van der Waals surface area (Å²) in [5.74, 6) is 1.26. The number of imidazole rings is 1. The van der Waals surface area contributed by atoms with Gasteiger partial charge in [-0.1, -0.05) is 12.1 Å². The molecule has 3 aromatic rings. The first-order chi connectivity index (χ1) is 11.1. The van der Waals surface area contributed by atoms with Gasteiger partial charge in [0.2, 0.25) is 5.16 Å². The van der Waals surface area contributed by atoms with Crippen molar-refractivity contribution in [3.8, 4) is 11.6 Å². The Morgan fingerprint density at radius 1 is 1.30 bits per heavy atom. The van der Waals surface area contributed by atoms with Gasteiger partial charge < -0.3 is 9.84 Å². The van der Waals surface area contributed by atoms with Crippen molar-refractivity contribution in [2.24, 2.45) is 0 Å². The third-order valence-electron chi connectivity index (χ3n) is 3.48. The smallest absolute Gasteiger partial charge is 0.205 e. The zero-order valence-corrected chi connectivity index (χ0v) is 13.7. The number of hydrogen-bond donors (Lipinski definition) is 1. The van der Waals surface area contributed by atoms with Crippen LogP contribution in [0.1, 0.15) is 5.56 Å². The number of ether oxygens (including phenoxy) is 1. The van der Waals surface area contributed by atoms with Crippen molar-refractivity contribution in [2.45, 2.75) is 12.1 Å². The Morgan fingerprint density at radius 2 is 2.09 bits per heavy atom. The minimum Gasteiger partial charge on any atom is -0.491 e. The molecule has 1 aromatic carbocycles. The molecule has 3 rings (SSSR count). The Balaban J connectivity index is 2.24. The second-order valence-electron chi connectivity index (χ2n) is 5.00. The van der Waals surface area contributed by atoms with E-state index >= 15 is 0 Å². The van der Waals surface area contributed by atoms with Gasteiger partial charge in [0, 0.05) is 18.0 Å². The highest BCUT2D eigenvalue weighted by molar-refractivity contribution is 7.84. The van der Waals surface area contributed by atoms with Crippen molar-refractivity contribution in [3.05, 3.63) is 42.1 Å². The third kappa shape index (κ3) is 2.85. The predicted octanol–water partition coefficient (Wildman–Crippen LogP) is 1.84. The van der Waals surface area contributed by atoms with E-state index in [2.05, 4.69) is 9.97 Å². The standard InChI is InChI=1S/C16H17N3O3S/c1-11-14(22-10-9-20)7-8-17-15(11)19-13-6-4-3-5-12(13)18-16(19)23(2)21/h3-8,20H,9-10H2,1-2H3. The summed E-state index contributed by atoms with van der Waals surface area (Å²) in [6.45, 7) is 2.03. The summed E-state index contributed by atoms with van der Waals surface area (Å²) in [5, 5.41) is 9.38. The largest absolute Gasteiger partial charge is 0.491 e. The third-order valence-corrected chi connectivity index (χ3v) is 4.26. The van der Waals surface area contributed by atoms with Gasteiger partial charge in [0.05, 0.1) is 28.4 Å². The molecular formula is C16H17N3O3S. The molecule has 0 aliphatic rings. The van der Waals surface area contributed by atoms with Crippen LogP contribution in [0.3, 0.4) is 0 Å². The molecule has 0 aliphatic carbocycles. The van der Waals surface area contributed by atoms with Gasteiger partial charge in [-0.2, -0.15) is 0 Å². The zero-order valence-electron chi connectivity index (χ0n) is 12.9. The summed E-state index contributed by atoms with van der Waals surface area (Å²) in [4.78, 5) is 8.89. The Kier molecular flexibility index (Phi) is 4.40. The van der Waals surface area contributed by atoms with Crippen LogP contribution in [0.5, 0.6) is 5.75 Å². The van der Waals surface area contributed by atoms with Crippen LogP contribution in [0.4, 0.5) is 0 Å². The fourth-order valence-corrected chi connectivity index (χ4v) is 3.12. The number of aliphatic hydroxyl groups is 1. The molecule has 0 saturated carbocycles. The van der Waals surface area contributed by atoms with E-state index in [1.807, 2.05) is 31.2 Å². The first-order valence-electron chi connectivity index (χ1n) is 7.14. The second-order valence-corrected chi connectivity index (χ2v) is 6.28. The van der Waals surface area contributed by atoms with Gasteiger partial charge in [0.1, 0.15) is 18.2 Å². The second kappa shape index (κ2) is 6.47. The molecule has 0 bridgehead atoms. The number of benzene rings is 1. The first-order valence-corrected chi connectivity index (χ1v) is 8.70. The van der Waals surface area contributed by atoms with Crippen LogP contribution >= 0.6 is 0 Å². The van der Waals surface area contributed by atoms with Crippen LogP contribution in [0, 0.1) is 6.92 Å². The molecular weight excluding hydrogens is 314 g/mol.